The summed E-state index contributed by atoms with van der Waals surface area (Å²) < 4.78 is 19.0. The van der Waals surface area contributed by atoms with Crippen molar-refractivity contribution >= 4 is 44.2 Å². The van der Waals surface area contributed by atoms with Crippen molar-refractivity contribution in [1.29, 1.82) is 0 Å². The number of piperazine rings is 1. The number of nitrogens with zero attached hydrogens (tertiary/aromatic N) is 3. The smallest absolute Gasteiger partial charge is 0.494 e. The van der Waals surface area contributed by atoms with Crippen molar-refractivity contribution in [3.05, 3.63) is 70.3 Å². The van der Waals surface area contributed by atoms with E-state index in [1.807, 2.05) is 32.0 Å². The fourth-order valence-corrected chi connectivity index (χ4v) is 5.79. The van der Waals surface area contributed by atoms with Crippen LogP contribution in [0.4, 0.5) is 10.5 Å². The van der Waals surface area contributed by atoms with Gasteiger partial charge in [0.15, 0.2) is 6.73 Å². The second kappa shape index (κ2) is 13.2. The van der Waals surface area contributed by atoms with E-state index in [0.717, 1.165) is 51.0 Å². The molecular formula is C31H37N3O5S. The van der Waals surface area contributed by atoms with Gasteiger partial charge in [-0.2, -0.15) is 0 Å². The number of benzene rings is 2. The van der Waals surface area contributed by atoms with E-state index >= 15 is 0 Å². The summed E-state index contributed by atoms with van der Waals surface area (Å²) in [5.74, 6) is 0.889. The van der Waals surface area contributed by atoms with Gasteiger partial charge in [0.05, 0.1) is 18.7 Å². The van der Waals surface area contributed by atoms with Crippen LogP contribution in [0.25, 0.3) is 21.0 Å². The highest BCUT2D eigenvalue weighted by Gasteiger charge is 2.18. The third kappa shape index (κ3) is 6.95. The molecule has 2 aromatic heterocycles. The molecule has 0 saturated carbocycles. The fourth-order valence-electron chi connectivity index (χ4n) is 4.98. The Bertz CT molecular complexity index is 1490. The Hall–Kier alpha value is -3.56. The van der Waals surface area contributed by atoms with Crippen molar-refractivity contribution in [1.82, 2.24) is 9.47 Å². The molecule has 4 aromatic rings. The molecule has 0 spiro atoms. The number of rotatable bonds is 11. The normalized spacial score (nSPS) is 14.2. The van der Waals surface area contributed by atoms with Gasteiger partial charge in [-0.1, -0.05) is 19.9 Å². The van der Waals surface area contributed by atoms with Crippen molar-refractivity contribution in [2.45, 2.75) is 33.4 Å². The number of carbonyl (C=O) groups excluding carboxylic acids is 1. The number of unbranched alkanes of at least 4 members (excludes halogenated alkanes) is 1. The number of carbonyl (C=O) groups is 1. The van der Waals surface area contributed by atoms with Gasteiger partial charge in [0.25, 0.3) is 5.56 Å². The minimum atomic E-state index is -0.786. The van der Waals surface area contributed by atoms with E-state index in [0.29, 0.717) is 17.9 Å². The Labute approximate surface area is 238 Å². The quantitative estimate of drug-likeness (QED) is 0.165. The van der Waals surface area contributed by atoms with Crippen molar-refractivity contribution in [3.63, 3.8) is 0 Å². The summed E-state index contributed by atoms with van der Waals surface area (Å²) in [7, 11) is 0. The number of thiophene rings is 1. The molecule has 8 nitrogen and oxygen atoms in total. The topological polar surface area (TPSA) is 73.2 Å². The molecule has 1 aliphatic heterocycles. The molecule has 40 heavy (non-hydrogen) atoms. The Morgan fingerprint density at radius 2 is 1.80 bits per heavy atom. The van der Waals surface area contributed by atoms with E-state index in [4.69, 9.17) is 14.2 Å². The molecule has 0 atom stereocenters. The molecule has 0 amide bonds. The van der Waals surface area contributed by atoms with Crippen molar-refractivity contribution in [3.8, 4) is 5.75 Å². The fraction of sp³-hybridized carbons (Fsp3) is 0.419. The molecule has 0 unspecified atom stereocenters. The summed E-state index contributed by atoms with van der Waals surface area (Å²) in [5.41, 5.74) is 1.75. The van der Waals surface area contributed by atoms with Gasteiger partial charge >= 0.3 is 6.16 Å². The maximum Gasteiger partial charge on any atom is 0.510 e. The third-order valence-electron chi connectivity index (χ3n) is 7.13. The van der Waals surface area contributed by atoms with Crippen LogP contribution < -0.4 is 15.2 Å². The van der Waals surface area contributed by atoms with Crippen LogP contribution in [0, 0.1) is 5.92 Å². The summed E-state index contributed by atoms with van der Waals surface area (Å²) in [5, 5.41) is 4.39. The van der Waals surface area contributed by atoms with Crippen molar-refractivity contribution in [2.75, 3.05) is 50.8 Å². The molecule has 1 saturated heterocycles. The number of anilines is 1. The van der Waals surface area contributed by atoms with E-state index in [-0.39, 0.29) is 24.8 Å². The lowest BCUT2D eigenvalue weighted by molar-refractivity contribution is 0.0277. The number of fused-ring (bicyclic) bond motifs is 2. The largest absolute Gasteiger partial charge is 0.510 e. The Morgan fingerprint density at radius 3 is 2.62 bits per heavy atom. The number of pyridine rings is 1. The lowest BCUT2D eigenvalue weighted by Gasteiger charge is -2.36. The third-order valence-corrected chi connectivity index (χ3v) is 8.02. The van der Waals surface area contributed by atoms with E-state index in [1.165, 1.54) is 26.4 Å². The van der Waals surface area contributed by atoms with Crippen molar-refractivity contribution in [2.24, 2.45) is 5.92 Å². The average Bonchev–Trinajstić information content (AvgIpc) is 3.45. The first-order valence-electron chi connectivity index (χ1n) is 14.0. The zero-order chi connectivity index (χ0) is 27.9. The molecular weight excluding hydrogens is 526 g/mol. The minimum Gasteiger partial charge on any atom is -0.494 e. The zero-order valence-corrected chi connectivity index (χ0v) is 24.0. The minimum absolute atomic E-state index is 0.204. The van der Waals surface area contributed by atoms with Crippen LogP contribution in [0.15, 0.2) is 64.8 Å². The van der Waals surface area contributed by atoms with E-state index in [2.05, 4.69) is 39.4 Å². The lowest BCUT2D eigenvalue weighted by atomic mass is 10.2. The van der Waals surface area contributed by atoms with Crippen LogP contribution in [0.3, 0.4) is 0 Å². The summed E-state index contributed by atoms with van der Waals surface area (Å²) in [6.07, 6.45) is 1.22. The second-order valence-corrected chi connectivity index (χ2v) is 11.5. The SMILES string of the molecule is CC(C)COC(=O)OCn1c(=O)ccc2ccc(OCCCCN3CCN(c4cccc5sccc45)CC3)cc21. The first-order valence-corrected chi connectivity index (χ1v) is 14.9. The first-order chi connectivity index (χ1) is 19.5. The highest BCUT2D eigenvalue weighted by molar-refractivity contribution is 7.17. The molecule has 9 heteroatoms. The molecule has 1 fully saturated rings. The number of ether oxygens (including phenoxy) is 3. The summed E-state index contributed by atoms with van der Waals surface area (Å²) in [6.45, 7) is 9.82. The van der Waals surface area contributed by atoms with E-state index in [9.17, 15) is 9.59 Å². The van der Waals surface area contributed by atoms with E-state index < -0.39 is 6.16 Å². The molecule has 0 radical (unpaired) electrons. The predicted octanol–water partition coefficient (Wildman–Crippen LogP) is 5.96. The summed E-state index contributed by atoms with van der Waals surface area (Å²) >= 11 is 1.80. The number of aromatic nitrogens is 1. The van der Waals surface area contributed by atoms with Gasteiger partial charge in [0.2, 0.25) is 0 Å². The molecule has 3 heterocycles. The van der Waals surface area contributed by atoms with Gasteiger partial charge in [-0.15, -0.1) is 11.3 Å². The average molecular weight is 564 g/mol. The number of hydrogen-bond acceptors (Lipinski definition) is 8. The zero-order valence-electron chi connectivity index (χ0n) is 23.2. The highest BCUT2D eigenvalue weighted by Crippen LogP contribution is 2.31. The standard InChI is InChI=1S/C31H37N3O5S/c1-23(2)21-38-31(36)39-22-34-28-20-25(10-8-24(28)9-11-30(34)35)37-18-4-3-13-32-14-16-33(17-15-32)27-6-5-7-29-26(27)12-19-40-29/h5-12,19-20,23H,3-4,13-18,21-22H2,1-2H3. The van der Waals surface area contributed by atoms with Crippen LogP contribution in [-0.4, -0.2) is 61.6 Å². The van der Waals surface area contributed by atoms with E-state index in [1.54, 1.807) is 17.4 Å². The molecule has 0 bridgehead atoms. The van der Waals surface area contributed by atoms with Gasteiger partial charge in [-0.25, -0.2) is 4.79 Å². The summed E-state index contributed by atoms with van der Waals surface area (Å²) in [4.78, 5) is 29.4. The maximum absolute atomic E-state index is 12.5. The molecule has 0 N–H and O–H groups in total. The molecule has 2 aromatic carbocycles. The van der Waals surface area contributed by atoms with Crippen LogP contribution in [0.5, 0.6) is 5.75 Å². The number of hydrogen-bond donors (Lipinski definition) is 0. The van der Waals surface area contributed by atoms with Gasteiger partial charge in [-0.05, 0) is 72.5 Å². The Kier molecular flexibility index (Phi) is 9.23. The van der Waals surface area contributed by atoms with Crippen molar-refractivity contribution < 1.29 is 19.0 Å². The highest BCUT2D eigenvalue weighted by atomic mass is 32.1. The Balaban J connectivity index is 1.07. The summed E-state index contributed by atoms with van der Waals surface area (Å²) in [6, 6.07) is 17.7. The lowest BCUT2D eigenvalue weighted by Crippen LogP contribution is -2.46. The van der Waals surface area contributed by atoms with Gasteiger partial charge in [0, 0.05) is 54.1 Å². The van der Waals surface area contributed by atoms with Crippen LogP contribution in [0.1, 0.15) is 26.7 Å². The second-order valence-electron chi connectivity index (χ2n) is 10.5. The Morgan fingerprint density at radius 1 is 0.975 bits per heavy atom. The molecule has 0 aliphatic carbocycles. The van der Waals surface area contributed by atoms with Gasteiger partial charge in [0.1, 0.15) is 5.75 Å². The van der Waals surface area contributed by atoms with Gasteiger partial charge in [-0.3, -0.25) is 14.3 Å². The first kappa shape index (κ1) is 28.0. The van der Waals surface area contributed by atoms with Crippen LogP contribution in [-0.2, 0) is 16.2 Å². The maximum atomic E-state index is 12.5. The van der Waals surface area contributed by atoms with Crippen LogP contribution >= 0.6 is 11.3 Å². The molecule has 212 valence electrons. The van der Waals surface area contributed by atoms with Gasteiger partial charge < -0.3 is 19.1 Å². The van der Waals surface area contributed by atoms with Crippen LogP contribution in [0.2, 0.25) is 0 Å². The molecule has 5 rings (SSSR count). The predicted molar refractivity (Wildman–Crippen MR) is 161 cm³/mol. The molecule has 1 aliphatic rings. The monoisotopic (exact) mass is 563 g/mol.